The van der Waals surface area contributed by atoms with Gasteiger partial charge in [0.2, 0.25) is 0 Å². The highest BCUT2D eigenvalue weighted by Gasteiger charge is 2.34. The first-order valence-electron chi connectivity index (χ1n) is 18.2. The van der Waals surface area contributed by atoms with Crippen LogP contribution in [0.1, 0.15) is 73.9 Å². The number of hydrogen-bond donors (Lipinski definition) is 1. The van der Waals surface area contributed by atoms with Gasteiger partial charge in [0, 0.05) is 52.9 Å². The van der Waals surface area contributed by atoms with Crippen LogP contribution >= 0.6 is 31.9 Å². The standard InChI is InChI=1S/C20H23BrN4O3.C19H21BrN4O3.CH4/c1-20(2,3)28-19(27)24-8-7-13(11-24)25-17-14-9-12(21)5-6-15(14)22-10-16(17)23(4)18(25)26;1-19(2,3)27-18(26)23-7-6-12(10-23)24-16-13-8-11(20)4-5-14(13)21-9-15(16)22-17(24)25;/h5-6,9-10,13H,7-8,11H2,1-4H3;4-5,8-9,12H,6-7,10H2,1-3H3,(H,22,25);1H4. The monoisotopic (exact) mass is 894 g/mol. The van der Waals surface area contributed by atoms with Crippen LogP contribution in [0.25, 0.3) is 43.9 Å². The van der Waals surface area contributed by atoms with Crippen LogP contribution in [-0.2, 0) is 16.5 Å². The summed E-state index contributed by atoms with van der Waals surface area (Å²) in [6.07, 6.45) is 4.15. The first kappa shape index (κ1) is 40.9. The van der Waals surface area contributed by atoms with Crippen LogP contribution in [-0.4, -0.2) is 88.0 Å². The van der Waals surface area contributed by atoms with Crippen molar-refractivity contribution in [1.82, 2.24) is 38.5 Å². The van der Waals surface area contributed by atoms with E-state index in [1.54, 1.807) is 38.4 Å². The highest BCUT2D eigenvalue weighted by Crippen LogP contribution is 2.32. The van der Waals surface area contributed by atoms with Gasteiger partial charge in [0.1, 0.15) is 11.2 Å². The summed E-state index contributed by atoms with van der Waals surface area (Å²) in [6.45, 7) is 13.1. The highest BCUT2D eigenvalue weighted by atomic mass is 79.9. The molecule has 56 heavy (non-hydrogen) atoms. The number of carbonyl (C=O) groups excluding carboxylic acids is 2. The third kappa shape index (κ3) is 8.08. The number of halogens is 2. The number of amides is 2. The van der Waals surface area contributed by atoms with Crippen LogP contribution in [0.4, 0.5) is 9.59 Å². The van der Waals surface area contributed by atoms with Crippen LogP contribution < -0.4 is 11.4 Å². The number of hydrogen-bond acceptors (Lipinski definition) is 8. The molecule has 6 aromatic rings. The van der Waals surface area contributed by atoms with E-state index < -0.39 is 11.2 Å². The Balaban J connectivity index is 0.000000187. The fourth-order valence-electron chi connectivity index (χ4n) is 7.35. The zero-order chi connectivity index (χ0) is 39.6. The molecule has 0 aliphatic carbocycles. The van der Waals surface area contributed by atoms with Gasteiger partial charge in [-0.3, -0.25) is 23.7 Å². The first-order valence-corrected chi connectivity index (χ1v) is 19.8. The van der Waals surface area contributed by atoms with Gasteiger partial charge in [0.25, 0.3) is 0 Å². The second-order valence-electron chi connectivity index (χ2n) is 16.1. The summed E-state index contributed by atoms with van der Waals surface area (Å²) < 4.78 is 18.0. The van der Waals surface area contributed by atoms with Gasteiger partial charge >= 0.3 is 23.6 Å². The lowest BCUT2D eigenvalue weighted by atomic mass is 10.1. The van der Waals surface area contributed by atoms with Crippen molar-refractivity contribution < 1.29 is 19.1 Å². The largest absolute Gasteiger partial charge is 0.444 e. The number of benzene rings is 2. The van der Waals surface area contributed by atoms with E-state index in [4.69, 9.17) is 9.47 Å². The van der Waals surface area contributed by atoms with E-state index in [0.717, 1.165) is 47.3 Å². The number of nitrogens with zero attached hydrogens (tertiary/aromatic N) is 7. The molecule has 2 fully saturated rings. The van der Waals surface area contributed by atoms with E-state index in [1.807, 2.05) is 82.5 Å². The highest BCUT2D eigenvalue weighted by molar-refractivity contribution is 9.10. The summed E-state index contributed by atoms with van der Waals surface area (Å²) in [5.74, 6) is 0. The van der Waals surface area contributed by atoms with Crippen LogP contribution in [0.3, 0.4) is 0 Å². The zero-order valence-electron chi connectivity index (χ0n) is 31.9. The Hall–Kier alpha value is -4.70. The number of aromatic nitrogens is 6. The normalized spacial score (nSPS) is 17.4. The van der Waals surface area contributed by atoms with Gasteiger partial charge in [0.05, 0.1) is 57.6 Å². The minimum Gasteiger partial charge on any atom is -0.444 e. The van der Waals surface area contributed by atoms with Gasteiger partial charge in [0.15, 0.2) is 0 Å². The summed E-state index contributed by atoms with van der Waals surface area (Å²) >= 11 is 7.01. The molecule has 0 spiro atoms. The number of nitrogens with one attached hydrogen (secondary N) is 1. The molecule has 2 atom stereocenters. The number of carbonyl (C=O) groups is 2. The molecule has 0 saturated carbocycles. The Bertz CT molecular complexity index is 2600. The third-order valence-electron chi connectivity index (χ3n) is 9.74. The number of pyridine rings is 2. The second-order valence-corrected chi connectivity index (χ2v) is 17.9. The quantitative estimate of drug-likeness (QED) is 0.183. The Morgan fingerprint density at radius 1 is 0.750 bits per heavy atom. The van der Waals surface area contributed by atoms with Gasteiger partial charge in [-0.1, -0.05) is 39.3 Å². The smallest absolute Gasteiger partial charge is 0.410 e. The second kappa shape index (κ2) is 15.3. The summed E-state index contributed by atoms with van der Waals surface area (Å²) in [5, 5.41) is 1.82. The van der Waals surface area contributed by atoms with E-state index in [9.17, 15) is 19.2 Å². The average Bonchev–Trinajstić information content (AvgIpc) is 3.89. The van der Waals surface area contributed by atoms with Gasteiger partial charge in [-0.05, 0) is 90.8 Å². The van der Waals surface area contributed by atoms with Crippen LogP contribution in [0.15, 0.2) is 67.3 Å². The summed E-state index contributed by atoms with van der Waals surface area (Å²) in [7, 11) is 1.76. The Morgan fingerprint density at radius 3 is 1.75 bits per heavy atom. The Morgan fingerprint density at radius 2 is 1.23 bits per heavy atom. The Labute approximate surface area is 341 Å². The van der Waals surface area contributed by atoms with Gasteiger partial charge in [-0.2, -0.15) is 0 Å². The predicted molar refractivity (Wildman–Crippen MR) is 225 cm³/mol. The molecule has 6 heterocycles. The number of fused-ring (bicyclic) bond motifs is 6. The zero-order valence-corrected chi connectivity index (χ0v) is 35.0. The summed E-state index contributed by atoms with van der Waals surface area (Å²) in [6, 6.07) is 11.5. The van der Waals surface area contributed by atoms with Crippen molar-refractivity contribution in [3.8, 4) is 0 Å². The number of likely N-dealkylation sites (tertiary alicyclic amines) is 2. The lowest BCUT2D eigenvalue weighted by Gasteiger charge is -2.24. The number of H-pyrrole nitrogens is 1. The third-order valence-corrected chi connectivity index (χ3v) is 10.7. The number of imidazole rings is 2. The average molecular weight is 897 g/mol. The van der Waals surface area contributed by atoms with Crippen molar-refractivity contribution in [2.45, 2.75) is 85.1 Å². The first-order chi connectivity index (χ1) is 25.9. The molecule has 4 aromatic heterocycles. The SMILES string of the molecule is C.CC(C)(C)OC(=O)N1CCC(n2c(=O)[nH]c3cnc4ccc(Br)cc4c32)C1.Cn1c(=O)n(C2CCN(C(=O)OC(C)(C)C)C2)c2c3cc(Br)ccc3ncc21. The van der Waals surface area contributed by atoms with Crippen LogP contribution in [0.5, 0.6) is 0 Å². The van der Waals surface area contributed by atoms with Crippen LogP contribution in [0.2, 0.25) is 0 Å². The summed E-state index contributed by atoms with van der Waals surface area (Å²) in [4.78, 5) is 65.7. The van der Waals surface area contributed by atoms with E-state index >= 15 is 0 Å². The fourth-order valence-corrected chi connectivity index (χ4v) is 8.08. The maximum absolute atomic E-state index is 13.1. The molecule has 1 N–H and O–H groups in total. The van der Waals surface area contributed by atoms with E-state index in [1.165, 1.54) is 0 Å². The van der Waals surface area contributed by atoms with Gasteiger partial charge < -0.3 is 24.3 Å². The van der Waals surface area contributed by atoms with Crippen molar-refractivity contribution in [2.75, 3.05) is 26.2 Å². The number of rotatable bonds is 2. The molecular weight excluding hydrogens is 848 g/mol. The maximum atomic E-state index is 13.1. The van der Waals surface area contributed by atoms with Gasteiger partial charge in [-0.25, -0.2) is 19.2 Å². The molecule has 2 amide bonds. The van der Waals surface area contributed by atoms with E-state index in [2.05, 4.69) is 46.8 Å². The molecule has 8 rings (SSSR count). The van der Waals surface area contributed by atoms with Crippen LogP contribution in [0, 0.1) is 0 Å². The number of aromatic amines is 1. The maximum Gasteiger partial charge on any atom is 0.410 e. The lowest BCUT2D eigenvalue weighted by Crippen LogP contribution is -2.36. The predicted octanol–water partition coefficient (Wildman–Crippen LogP) is 8.29. The topological polar surface area (TPSA) is 150 Å². The molecule has 0 bridgehead atoms. The fraction of sp³-hybridized carbons (Fsp3) is 0.450. The molecule has 2 aromatic carbocycles. The van der Waals surface area contributed by atoms with Crippen molar-refractivity contribution >= 4 is 87.9 Å². The van der Waals surface area contributed by atoms with E-state index in [-0.39, 0.29) is 43.1 Å². The minimum atomic E-state index is -0.542. The molecule has 2 aliphatic rings. The Kier molecular flexibility index (Phi) is 11.2. The van der Waals surface area contributed by atoms with Crippen molar-refractivity contribution in [3.63, 3.8) is 0 Å². The molecule has 0 radical (unpaired) electrons. The molecule has 2 aliphatic heterocycles. The molecule has 16 heteroatoms. The van der Waals surface area contributed by atoms with Crippen molar-refractivity contribution in [2.24, 2.45) is 7.05 Å². The molecular formula is C40H48Br2N8O6. The lowest BCUT2D eigenvalue weighted by molar-refractivity contribution is 0.0278. The van der Waals surface area contributed by atoms with Gasteiger partial charge in [-0.15, -0.1) is 0 Å². The molecule has 2 unspecified atom stereocenters. The molecule has 2 saturated heterocycles. The molecule has 14 nitrogen and oxygen atoms in total. The molecule has 298 valence electrons. The summed E-state index contributed by atoms with van der Waals surface area (Å²) in [5.41, 5.74) is 3.44. The number of ether oxygens (including phenoxy) is 2. The van der Waals surface area contributed by atoms with Crippen molar-refractivity contribution in [3.05, 3.63) is 78.7 Å². The minimum absolute atomic E-state index is 0. The van der Waals surface area contributed by atoms with Crippen molar-refractivity contribution in [1.29, 1.82) is 0 Å². The van der Waals surface area contributed by atoms with E-state index in [0.29, 0.717) is 44.5 Å². The number of aryl methyl sites for hydroxylation is 1.